The summed E-state index contributed by atoms with van der Waals surface area (Å²) in [5, 5.41) is 5.44. The van der Waals surface area contributed by atoms with Crippen LogP contribution in [0.1, 0.15) is 84.5 Å². The molecule has 57 heavy (non-hydrogen) atoms. The Bertz CT molecular complexity index is 2250. The first kappa shape index (κ1) is 39.8. The maximum absolute atomic E-state index is 13.8. The predicted octanol–water partition coefficient (Wildman–Crippen LogP) is 7.56. The quantitative estimate of drug-likeness (QED) is 0.112. The molecule has 0 radical (unpaired) electrons. The van der Waals surface area contributed by atoms with Gasteiger partial charge in [-0.05, 0) is 78.8 Å². The molecule has 4 amide bonds. The van der Waals surface area contributed by atoms with Crippen LogP contribution < -0.4 is 10.6 Å². The number of imidazole rings is 2. The molecule has 5 aromatic rings. The zero-order valence-electron chi connectivity index (χ0n) is 33.7. The highest BCUT2D eigenvalue weighted by molar-refractivity contribution is 7.21. The Morgan fingerprint density at radius 3 is 1.98 bits per heavy atom. The summed E-state index contributed by atoms with van der Waals surface area (Å²) in [5.41, 5.74) is 5.80. The van der Waals surface area contributed by atoms with Gasteiger partial charge in [0.25, 0.3) is 0 Å². The van der Waals surface area contributed by atoms with Gasteiger partial charge in [0.05, 0.1) is 42.9 Å². The number of amides is 4. The summed E-state index contributed by atoms with van der Waals surface area (Å²) < 4.78 is 9.58. The molecular weight excluding hydrogens is 745 g/mol. The second-order valence-electron chi connectivity index (χ2n) is 16.1. The molecule has 0 unspecified atom stereocenters. The lowest BCUT2D eigenvalue weighted by molar-refractivity contribution is -0.137. The molecule has 15 heteroatoms. The summed E-state index contributed by atoms with van der Waals surface area (Å²) in [6.45, 7) is 12.4. The van der Waals surface area contributed by atoms with Gasteiger partial charge in [0.1, 0.15) is 28.6 Å². The van der Waals surface area contributed by atoms with Gasteiger partial charge >= 0.3 is 12.2 Å². The van der Waals surface area contributed by atoms with Gasteiger partial charge in [-0.2, -0.15) is 0 Å². The number of benzene rings is 2. The number of carbonyl (C=O) groups is 4. The van der Waals surface area contributed by atoms with Crippen molar-refractivity contribution in [3.63, 3.8) is 0 Å². The van der Waals surface area contributed by atoms with E-state index in [1.165, 1.54) is 14.2 Å². The van der Waals surface area contributed by atoms with Crippen LogP contribution in [0.25, 0.3) is 42.9 Å². The van der Waals surface area contributed by atoms with E-state index in [-0.39, 0.29) is 47.7 Å². The minimum Gasteiger partial charge on any atom is -0.453 e. The van der Waals surface area contributed by atoms with Crippen LogP contribution in [-0.4, -0.2) is 92.6 Å². The van der Waals surface area contributed by atoms with E-state index >= 15 is 0 Å². The van der Waals surface area contributed by atoms with Crippen molar-refractivity contribution in [2.24, 2.45) is 17.8 Å². The van der Waals surface area contributed by atoms with Crippen LogP contribution in [0.2, 0.25) is 0 Å². The number of likely N-dealkylation sites (tertiary alicyclic amines) is 2. The molecular formula is C42H52N8O6S. The monoisotopic (exact) mass is 796 g/mol. The maximum Gasteiger partial charge on any atom is 0.407 e. The summed E-state index contributed by atoms with van der Waals surface area (Å²) in [6.07, 6.45) is 1.14. The maximum atomic E-state index is 13.8. The number of thiophene rings is 1. The molecule has 2 aromatic carbocycles. The van der Waals surface area contributed by atoms with Crippen molar-refractivity contribution in [1.29, 1.82) is 0 Å². The van der Waals surface area contributed by atoms with E-state index in [9.17, 15) is 19.2 Å². The SMILES string of the molecule is COC(=O)N[C@H](C(=O)N1C[C@@H](C)C[C@H]1c1nc2sc(-c3ccc(-c4ccc5nc([C@@H]6CC[C@H](C)N6C(=O)[C@@H](NC(=O)OC)C(C)C)[nH]c5c4)cc3)cc2[nH]1)C(C)C. The van der Waals surface area contributed by atoms with Gasteiger partial charge in [-0.15, -0.1) is 11.3 Å². The Morgan fingerprint density at radius 2 is 1.35 bits per heavy atom. The van der Waals surface area contributed by atoms with Gasteiger partial charge in [-0.1, -0.05) is 65.0 Å². The van der Waals surface area contributed by atoms with Gasteiger partial charge < -0.3 is 39.9 Å². The minimum atomic E-state index is -0.706. The first-order valence-corrected chi connectivity index (χ1v) is 20.5. The molecule has 4 N–H and O–H groups in total. The summed E-state index contributed by atoms with van der Waals surface area (Å²) >= 11 is 1.60. The van der Waals surface area contributed by atoms with Crippen molar-refractivity contribution in [2.45, 2.75) is 91.0 Å². The fourth-order valence-electron chi connectivity index (χ4n) is 8.23. The number of aromatic nitrogens is 4. The Hall–Kier alpha value is -5.44. The zero-order chi connectivity index (χ0) is 40.7. The highest BCUT2D eigenvalue weighted by atomic mass is 32.1. The molecule has 3 aromatic heterocycles. The van der Waals surface area contributed by atoms with E-state index in [4.69, 9.17) is 19.4 Å². The zero-order valence-corrected chi connectivity index (χ0v) is 34.5. The van der Waals surface area contributed by atoms with E-state index in [1.807, 2.05) is 50.5 Å². The lowest BCUT2D eigenvalue weighted by Crippen LogP contribution is -2.52. The third-order valence-corrected chi connectivity index (χ3v) is 12.4. The molecule has 2 aliphatic heterocycles. The Morgan fingerprint density at radius 1 is 0.754 bits per heavy atom. The van der Waals surface area contributed by atoms with Gasteiger partial charge in [0, 0.05) is 17.5 Å². The Kier molecular flexibility index (Phi) is 11.3. The summed E-state index contributed by atoms with van der Waals surface area (Å²) in [7, 11) is 2.59. The summed E-state index contributed by atoms with van der Waals surface area (Å²) in [6, 6.07) is 14.8. The molecule has 6 atom stereocenters. The number of fused-ring (bicyclic) bond motifs is 2. The van der Waals surface area contributed by atoms with Gasteiger partial charge in [-0.3, -0.25) is 9.59 Å². The largest absolute Gasteiger partial charge is 0.453 e. The van der Waals surface area contributed by atoms with E-state index in [1.54, 1.807) is 11.3 Å². The molecule has 0 bridgehead atoms. The van der Waals surface area contributed by atoms with Gasteiger partial charge in [0.15, 0.2) is 0 Å². The fraction of sp³-hybridized carbons (Fsp3) is 0.476. The standard InChI is InChI=1S/C42H52N8O6S/c1-21(2)34(46-41(53)55-7)39(51)49-20-23(5)17-32(49)37-45-30-19-33(57-38(30)48-37)26-12-10-25(11-13-26)27-14-15-28-29(18-27)44-36(43-28)31-16-9-24(6)50(31)40(52)35(22(3)4)47-42(54)56-8/h10-15,18-19,21-24,31-32,34-35H,9,16-17,20H2,1-8H3,(H,43,44)(H,45,48)(H,46,53)(H,47,54)/t23-,24-,31-,32-,34-,35-/m0/s1. The highest BCUT2D eigenvalue weighted by Gasteiger charge is 2.42. The average Bonchev–Trinajstić information content (AvgIpc) is 4.02. The third-order valence-electron chi connectivity index (χ3n) is 11.3. The van der Waals surface area contributed by atoms with Gasteiger partial charge in [0.2, 0.25) is 11.8 Å². The molecule has 2 aliphatic rings. The van der Waals surface area contributed by atoms with Crippen LogP contribution in [0.15, 0.2) is 48.5 Å². The Balaban J connectivity index is 1.06. The summed E-state index contributed by atoms with van der Waals surface area (Å²) in [5.74, 6) is 1.28. The normalized spacial score (nSPS) is 20.7. The van der Waals surface area contributed by atoms with E-state index in [2.05, 4.69) is 70.0 Å². The predicted molar refractivity (Wildman–Crippen MR) is 219 cm³/mol. The number of hydrogen-bond acceptors (Lipinski definition) is 9. The topological polar surface area (TPSA) is 175 Å². The molecule has 2 saturated heterocycles. The number of aromatic amines is 2. The fourth-order valence-corrected chi connectivity index (χ4v) is 9.24. The lowest BCUT2D eigenvalue weighted by Gasteiger charge is -2.32. The second-order valence-corrected chi connectivity index (χ2v) is 17.2. The molecule has 0 aliphatic carbocycles. The number of methoxy groups -OCH3 is 2. The number of rotatable bonds is 10. The molecule has 7 rings (SSSR count). The van der Waals surface area contributed by atoms with Crippen molar-refractivity contribution in [3.8, 4) is 21.6 Å². The number of carbonyl (C=O) groups excluding carboxylic acids is 4. The molecule has 14 nitrogen and oxygen atoms in total. The number of H-pyrrole nitrogens is 2. The van der Waals surface area contributed by atoms with Crippen molar-refractivity contribution in [2.75, 3.05) is 20.8 Å². The number of alkyl carbamates (subject to hydrolysis) is 2. The molecule has 0 saturated carbocycles. The lowest BCUT2D eigenvalue weighted by atomic mass is 10.0. The Labute approximate surface area is 336 Å². The van der Waals surface area contributed by atoms with Crippen molar-refractivity contribution < 1.29 is 28.7 Å². The highest BCUT2D eigenvalue weighted by Crippen LogP contribution is 2.40. The van der Waals surface area contributed by atoms with Crippen LogP contribution in [-0.2, 0) is 19.1 Å². The number of nitrogens with one attached hydrogen (secondary N) is 4. The first-order valence-electron chi connectivity index (χ1n) is 19.7. The molecule has 0 spiro atoms. The number of nitrogens with zero attached hydrogens (tertiary/aromatic N) is 4. The number of ether oxygens (including phenoxy) is 2. The van der Waals surface area contributed by atoms with Gasteiger partial charge in [-0.25, -0.2) is 19.6 Å². The van der Waals surface area contributed by atoms with Crippen molar-refractivity contribution >= 4 is 56.7 Å². The van der Waals surface area contributed by atoms with E-state index in [0.29, 0.717) is 6.54 Å². The van der Waals surface area contributed by atoms with Crippen LogP contribution >= 0.6 is 11.3 Å². The van der Waals surface area contributed by atoms with Crippen LogP contribution in [0.3, 0.4) is 0 Å². The average molecular weight is 797 g/mol. The van der Waals surface area contributed by atoms with Crippen LogP contribution in [0.5, 0.6) is 0 Å². The van der Waals surface area contributed by atoms with Crippen LogP contribution in [0, 0.1) is 17.8 Å². The van der Waals surface area contributed by atoms with E-state index < -0.39 is 24.3 Å². The smallest absolute Gasteiger partial charge is 0.407 e. The van der Waals surface area contributed by atoms with E-state index in [0.717, 1.165) is 73.9 Å². The molecule has 302 valence electrons. The molecule has 5 heterocycles. The van der Waals surface area contributed by atoms with Crippen molar-refractivity contribution in [3.05, 3.63) is 60.2 Å². The number of hydrogen-bond donors (Lipinski definition) is 4. The minimum absolute atomic E-state index is 0.00219. The second kappa shape index (κ2) is 16.2. The third kappa shape index (κ3) is 7.94. The summed E-state index contributed by atoms with van der Waals surface area (Å²) in [4.78, 5) is 74.2. The van der Waals surface area contributed by atoms with Crippen LogP contribution in [0.4, 0.5) is 9.59 Å². The first-order chi connectivity index (χ1) is 27.3. The van der Waals surface area contributed by atoms with Crippen molar-refractivity contribution in [1.82, 2.24) is 40.4 Å². The molecule has 2 fully saturated rings.